The number of pyridine rings is 2. The largest absolute Gasteiger partial charge is 0.416 e. The van der Waals surface area contributed by atoms with Crippen LogP contribution in [0.1, 0.15) is 43.7 Å². The lowest BCUT2D eigenvalue weighted by Crippen LogP contribution is -2.45. The second-order valence-electron chi connectivity index (χ2n) is 10.8. The maximum atomic E-state index is 13.9. The summed E-state index contributed by atoms with van der Waals surface area (Å²) in [5, 5.41) is 0. The Morgan fingerprint density at radius 2 is 1.40 bits per heavy atom. The Bertz CT molecular complexity index is 1400. The third kappa shape index (κ3) is 6.69. The first-order valence-corrected chi connectivity index (χ1v) is 12.9. The Labute approximate surface area is 242 Å². The number of aryl methyl sites for hydroxylation is 1. The molecule has 42 heavy (non-hydrogen) atoms. The Balaban J connectivity index is 0.00000484. The minimum Gasteiger partial charge on any atom is -0.354 e. The summed E-state index contributed by atoms with van der Waals surface area (Å²) < 4.78 is 81.3. The number of likely N-dealkylation sites (N-methyl/N-ethyl adjacent to an activating group) is 2. The monoisotopic (exact) mass is 595 g/mol. The van der Waals surface area contributed by atoms with E-state index in [0.29, 0.717) is 34.9 Å². The molecule has 0 spiro atoms. The Kier molecular flexibility index (Phi) is 9.31. The number of carbonyl (C=O) groups is 1. The Morgan fingerprint density at radius 3 is 1.93 bits per heavy atom. The molecule has 1 amide bonds. The summed E-state index contributed by atoms with van der Waals surface area (Å²) in [4.78, 5) is 28.4. The zero-order chi connectivity index (χ0) is 30.3. The molecule has 3 aromatic rings. The summed E-state index contributed by atoms with van der Waals surface area (Å²) in [6.07, 6.45) is -6.92. The second kappa shape index (κ2) is 11.9. The number of amides is 1. The van der Waals surface area contributed by atoms with Gasteiger partial charge in [0.1, 0.15) is 5.82 Å². The van der Waals surface area contributed by atoms with Gasteiger partial charge in [-0.3, -0.25) is 9.78 Å². The van der Waals surface area contributed by atoms with E-state index in [1.54, 1.807) is 12.3 Å². The van der Waals surface area contributed by atoms with Gasteiger partial charge in [0.2, 0.25) is 5.91 Å². The van der Waals surface area contributed by atoms with Crippen LogP contribution in [0.2, 0.25) is 0 Å². The smallest absolute Gasteiger partial charge is 0.354 e. The van der Waals surface area contributed by atoms with E-state index < -0.39 is 40.4 Å². The van der Waals surface area contributed by atoms with E-state index in [0.717, 1.165) is 31.7 Å². The lowest BCUT2D eigenvalue weighted by Gasteiger charge is -2.34. The van der Waals surface area contributed by atoms with Crippen LogP contribution in [-0.2, 0) is 22.6 Å². The number of piperazine rings is 1. The van der Waals surface area contributed by atoms with Gasteiger partial charge < -0.3 is 14.7 Å². The maximum Gasteiger partial charge on any atom is 0.416 e. The summed E-state index contributed by atoms with van der Waals surface area (Å²) in [5.41, 5.74) is -2.75. The number of alkyl halides is 6. The molecule has 3 heterocycles. The topological polar surface area (TPSA) is 52.6 Å². The highest BCUT2D eigenvalue weighted by Gasteiger charge is 2.41. The van der Waals surface area contributed by atoms with Gasteiger partial charge in [0, 0.05) is 56.2 Å². The van der Waals surface area contributed by atoms with E-state index in [2.05, 4.69) is 19.8 Å². The van der Waals surface area contributed by atoms with Crippen LogP contribution in [-0.4, -0.2) is 61.0 Å². The normalized spacial score (nSPS) is 14.9. The summed E-state index contributed by atoms with van der Waals surface area (Å²) in [7, 11) is 3.47. The van der Waals surface area contributed by atoms with Crippen molar-refractivity contribution in [1.29, 1.82) is 0 Å². The third-order valence-corrected chi connectivity index (χ3v) is 7.50. The number of hydrogen-bond donors (Lipinski definition) is 0. The lowest BCUT2D eigenvalue weighted by molar-refractivity contribution is -0.143. The fourth-order valence-corrected chi connectivity index (χ4v) is 4.87. The van der Waals surface area contributed by atoms with Crippen molar-refractivity contribution in [3.8, 4) is 11.1 Å². The molecular formula is C30H35F6N5O. The minimum absolute atomic E-state index is 0. The van der Waals surface area contributed by atoms with Crippen molar-refractivity contribution in [1.82, 2.24) is 14.9 Å². The number of aromatic nitrogens is 2. The molecular weight excluding hydrogens is 560 g/mol. The van der Waals surface area contributed by atoms with Crippen molar-refractivity contribution in [2.45, 2.75) is 46.0 Å². The molecule has 4 rings (SSSR count). The van der Waals surface area contributed by atoms with E-state index in [1.807, 2.05) is 26.1 Å². The van der Waals surface area contributed by atoms with E-state index >= 15 is 0 Å². The molecule has 0 atom stereocenters. The van der Waals surface area contributed by atoms with Crippen molar-refractivity contribution in [3.05, 3.63) is 71.2 Å². The fraction of sp³-hybridized carbons (Fsp3) is 0.433. The van der Waals surface area contributed by atoms with E-state index in [-0.39, 0.29) is 13.5 Å². The van der Waals surface area contributed by atoms with Crippen molar-refractivity contribution in [2.24, 2.45) is 0 Å². The highest BCUT2D eigenvalue weighted by Crippen LogP contribution is 2.41. The highest BCUT2D eigenvalue weighted by atomic mass is 19.4. The summed E-state index contributed by atoms with van der Waals surface area (Å²) >= 11 is 0. The average molecular weight is 596 g/mol. The summed E-state index contributed by atoms with van der Waals surface area (Å²) in [6, 6.07) is 6.67. The number of carbonyl (C=O) groups excluding carboxylic acids is 1. The molecule has 0 bridgehead atoms. The highest BCUT2D eigenvalue weighted by molar-refractivity contribution is 6.03. The lowest BCUT2D eigenvalue weighted by atomic mass is 9.81. The number of benzene rings is 1. The van der Waals surface area contributed by atoms with E-state index in [4.69, 9.17) is 0 Å². The van der Waals surface area contributed by atoms with Gasteiger partial charge in [0.25, 0.3) is 0 Å². The van der Waals surface area contributed by atoms with Gasteiger partial charge in [-0.2, -0.15) is 26.3 Å². The molecule has 0 radical (unpaired) electrons. The predicted octanol–water partition coefficient (Wildman–Crippen LogP) is 6.82. The van der Waals surface area contributed by atoms with Crippen molar-refractivity contribution in [2.75, 3.05) is 50.1 Å². The fourth-order valence-electron chi connectivity index (χ4n) is 4.87. The number of nitrogens with zero attached hydrogens (tertiary/aromatic N) is 5. The molecule has 1 fully saturated rings. The van der Waals surface area contributed by atoms with Crippen LogP contribution in [0.5, 0.6) is 0 Å². The molecule has 0 N–H and O–H groups in total. The molecule has 1 aliphatic heterocycles. The van der Waals surface area contributed by atoms with Gasteiger partial charge in [-0.25, -0.2) is 4.98 Å². The molecule has 0 aliphatic carbocycles. The molecule has 12 heteroatoms. The van der Waals surface area contributed by atoms with Crippen LogP contribution in [0, 0.1) is 6.92 Å². The van der Waals surface area contributed by atoms with Crippen molar-refractivity contribution >= 4 is 17.4 Å². The van der Waals surface area contributed by atoms with E-state index in [9.17, 15) is 31.1 Å². The van der Waals surface area contributed by atoms with Crippen molar-refractivity contribution < 1.29 is 31.1 Å². The first-order valence-electron chi connectivity index (χ1n) is 12.9. The van der Waals surface area contributed by atoms with Gasteiger partial charge in [-0.15, -0.1) is 0 Å². The molecule has 1 aliphatic rings. The van der Waals surface area contributed by atoms with Gasteiger partial charge >= 0.3 is 12.4 Å². The van der Waals surface area contributed by atoms with Gasteiger partial charge in [-0.05, 0) is 63.7 Å². The summed E-state index contributed by atoms with van der Waals surface area (Å²) in [6.45, 7) is 7.59. The number of rotatable bonds is 5. The SMILES string of the molecule is C.Cc1ncccc1-c1cc(N2CCN(C)CC2)ncc1N(C)C(=O)C(C)(C)c1cc(C(F)(F)F)cc(C(F)(F)F)c1. The zero-order valence-electron chi connectivity index (χ0n) is 23.4. The third-order valence-electron chi connectivity index (χ3n) is 7.50. The van der Waals surface area contributed by atoms with Gasteiger partial charge in [0.05, 0.1) is 28.4 Å². The first kappa shape index (κ1) is 32.8. The van der Waals surface area contributed by atoms with Crippen LogP contribution in [0.15, 0.2) is 48.8 Å². The molecule has 1 saturated heterocycles. The number of halogens is 6. The molecule has 1 aromatic carbocycles. The molecule has 6 nitrogen and oxygen atoms in total. The quantitative estimate of drug-likeness (QED) is 0.303. The van der Waals surface area contributed by atoms with Gasteiger partial charge in [0.15, 0.2) is 0 Å². The standard InChI is InChI=1S/C29H31F6N5O.CH4/c1-18-22(7-6-8-36-18)23-16-25(40-11-9-38(4)10-12-40)37-17-24(23)39(5)26(41)27(2,3)19-13-20(28(30,31)32)15-21(14-19)29(33,34)35;/h6-8,13-17H,9-12H2,1-5H3;1H4. The Hall–Kier alpha value is -3.67. The number of anilines is 2. The number of hydrogen-bond acceptors (Lipinski definition) is 5. The van der Waals surface area contributed by atoms with Crippen LogP contribution in [0.4, 0.5) is 37.8 Å². The second-order valence-corrected chi connectivity index (χ2v) is 10.8. The first-order chi connectivity index (χ1) is 19.0. The minimum atomic E-state index is -5.03. The van der Waals surface area contributed by atoms with Crippen LogP contribution in [0.3, 0.4) is 0 Å². The Morgan fingerprint density at radius 1 is 0.857 bits per heavy atom. The van der Waals surface area contributed by atoms with Gasteiger partial charge in [-0.1, -0.05) is 13.5 Å². The van der Waals surface area contributed by atoms with E-state index in [1.165, 1.54) is 32.0 Å². The van der Waals surface area contributed by atoms with Crippen LogP contribution in [0.25, 0.3) is 11.1 Å². The van der Waals surface area contributed by atoms with Crippen LogP contribution < -0.4 is 9.80 Å². The molecule has 2 aromatic heterocycles. The summed E-state index contributed by atoms with van der Waals surface area (Å²) in [5.74, 6) is -0.0187. The van der Waals surface area contributed by atoms with Crippen molar-refractivity contribution in [3.63, 3.8) is 0 Å². The maximum absolute atomic E-state index is 13.9. The van der Waals surface area contributed by atoms with Crippen LogP contribution >= 0.6 is 0 Å². The average Bonchev–Trinajstić information content (AvgIpc) is 2.91. The zero-order valence-corrected chi connectivity index (χ0v) is 23.4. The molecule has 228 valence electrons. The predicted molar refractivity (Wildman–Crippen MR) is 152 cm³/mol. The molecule has 0 unspecified atom stereocenters. The molecule has 0 saturated carbocycles.